The number of ether oxygens (including phenoxy) is 2. The zero-order valence-corrected chi connectivity index (χ0v) is 12.4. The third-order valence-corrected chi connectivity index (χ3v) is 3.21. The van der Waals surface area contributed by atoms with Crippen LogP contribution >= 0.6 is 0 Å². The van der Waals surface area contributed by atoms with E-state index < -0.39 is 12.2 Å². The number of hydrogen-bond donors (Lipinski definition) is 0. The van der Waals surface area contributed by atoms with Crippen LogP contribution in [0.5, 0.6) is 0 Å². The van der Waals surface area contributed by atoms with Crippen LogP contribution in [0, 0.1) is 0 Å². The number of amides is 2. The second-order valence-corrected chi connectivity index (χ2v) is 4.83. The van der Waals surface area contributed by atoms with Crippen molar-refractivity contribution in [3.63, 3.8) is 0 Å². The van der Waals surface area contributed by atoms with Crippen molar-refractivity contribution in [2.45, 2.75) is 19.4 Å². The topological polar surface area (TPSA) is 59.1 Å². The first-order valence-corrected chi connectivity index (χ1v) is 7.25. The number of nitrogens with zero attached hydrogens (tertiary/aromatic N) is 2. The summed E-state index contributed by atoms with van der Waals surface area (Å²) in [5.74, 6) is 0. The molecule has 0 saturated carbocycles. The Hall–Kier alpha value is -2.50. The van der Waals surface area contributed by atoms with Crippen LogP contribution in [0.25, 0.3) is 0 Å². The SMILES string of the molecule is C=CCCOC(=O)N1CCCN1C(=O)OCc1ccccc1. The van der Waals surface area contributed by atoms with Gasteiger partial charge in [0.25, 0.3) is 0 Å². The Morgan fingerprint density at radius 1 is 1.09 bits per heavy atom. The first-order chi connectivity index (χ1) is 10.7. The summed E-state index contributed by atoms with van der Waals surface area (Å²) >= 11 is 0. The van der Waals surface area contributed by atoms with Gasteiger partial charge in [0.1, 0.15) is 6.61 Å². The van der Waals surface area contributed by atoms with E-state index in [1.54, 1.807) is 6.08 Å². The predicted octanol–water partition coefficient (Wildman–Crippen LogP) is 2.96. The maximum Gasteiger partial charge on any atom is 0.429 e. The summed E-state index contributed by atoms with van der Waals surface area (Å²) in [5, 5.41) is 2.58. The van der Waals surface area contributed by atoms with E-state index in [-0.39, 0.29) is 13.2 Å². The molecule has 0 bridgehead atoms. The monoisotopic (exact) mass is 304 g/mol. The van der Waals surface area contributed by atoms with Crippen LogP contribution in [0.2, 0.25) is 0 Å². The van der Waals surface area contributed by atoms with Crippen LogP contribution in [0.15, 0.2) is 43.0 Å². The molecule has 0 aromatic heterocycles. The fourth-order valence-corrected chi connectivity index (χ4v) is 2.09. The summed E-state index contributed by atoms with van der Waals surface area (Å²) in [6.07, 6.45) is 1.89. The molecule has 0 radical (unpaired) electrons. The molecule has 6 heteroatoms. The molecule has 0 spiro atoms. The van der Waals surface area contributed by atoms with Crippen molar-refractivity contribution in [3.8, 4) is 0 Å². The van der Waals surface area contributed by atoms with Crippen LogP contribution in [0.4, 0.5) is 9.59 Å². The molecule has 0 unspecified atom stereocenters. The minimum absolute atomic E-state index is 0.176. The molecule has 1 heterocycles. The number of rotatable bonds is 5. The fourth-order valence-electron chi connectivity index (χ4n) is 2.09. The van der Waals surface area contributed by atoms with E-state index in [9.17, 15) is 9.59 Å². The van der Waals surface area contributed by atoms with E-state index in [1.807, 2.05) is 30.3 Å². The zero-order chi connectivity index (χ0) is 15.8. The highest BCUT2D eigenvalue weighted by Crippen LogP contribution is 2.14. The van der Waals surface area contributed by atoms with Crippen molar-refractivity contribution in [2.75, 3.05) is 19.7 Å². The molecule has 2 amide bonds. The summed E-state index contributed by atoms with van der Waals surface area (Å²) in [7, 11) is 0. The second-order valence-electron chi connectivity index (χ2n) is 4.83. The van der Waals surface area contributed by atoms with Crippen LogP contribution in [0.1, 0.15) is 18.4 Å². The summed E-state index contributed by atoms with van der Waals surface area (Å²) in [6.45, 7) is 4.89. The number of benzene rings is 1. The van der Waals surface area contributed by atoms with Crippen LogP contribution in [-0.4, -0.2) is 41.9 Å². The molecule has 22 heavy (non-hydrogen) atoms. The van der Waals surface area contributed by atoms with E-state index in [0.29, 0.717) is 25.9 Å². The lowest BCUT2D eigenvalue weighted by molar-refractivity contribution is 0.00450. The van der Waals surface area contributed by atoms with Gasteiger partial charge < -0.3 is 9.47 Å². The van der Waals surface area contributed by atoms with Gasteiger partial charge in [0.15, 0.2) is 0 Å². The number of carbonyl (C=O) groups excluding carboxylic acids is 2. The highest BCUT2D eigenvalue weighted by atomic mass is 16.6. The summed E-state index contributed by atoms with van der Waals surface area (Å²) < 4.78 is 10.3. The lowest BCUT2D eigenvalue weighted by Gasteiger charge is -2.26. The Labute approximate surface area is 129 Å². The molecular weight excluding hydrogens is 284 g/mol. The zero-order valence-electron chi connectivity index (χ0n) is 12.4. The summed E-state index contributed by atoms with van der Waals surface area (Å²) in [4.78, 5) is 24.0. The van der Waals surface area contributed by atoms with Crippen LogP contribution in [-0.2, 0) is 16.1 Å². The Morgan fingerprint density at radius 2 is 1.73 bits per heavy atom. The first-order valence-electron chi connectivity index (χ1n) is 7.25. The molecule has 2 rings (SSSR count). The molecule has 118 valence electrons. The summed E-state index contributed by atoms with van der Waals surface area (Å²) in [6, 6.07) is 9.40. The number of hydrogen-bond acceptors (Lipinski definition) is 4. The van der Waals surface area contributed by atoms with Crippen molar-refractivity contribution >= 4 is 12.2 Å². The third kappa shape index (κ3) is 4.25. The van der Waals surface area contributed by atoms with E-state index >= 15 is 0 Å². The van der Waals surface area contributed by atoms with E-state index in [4.69, 9.17) is 9.47 Å². The normalized spacial score (nSPS) is 13.8. The van der Waals surface area contributed by atoms with Crippen molar-refractivity contribution in [1.29, 1.82) is 0 Å². The summed E-state index contributed by atoms with van der Waals surface area (Å²) in [5.41, 5.74) is 0.898. The molecular formula is C16H20N2O4. The second kappa shape index (κ2) is 8.07. The van der Waals surface area contributed by atoms with Gasteiger partial charge in [0.2, 0.25) is 0 Å². The van der Waals surface area contributed by atoms with Gasteiger partial charge >= 0.3 is 12.2 Å². The predicted molar refractivity (Wildman–Crippen MR) is 80.8 cm³/mol. The highest BCUT2D eigenvalue weighted by molar-refractivity contribution is 5.74. The first kappa shape index (κ1) is 15.9. The molecule has 1 saturated heterocycles. The average molecular weight is 304 g/mol. The van der Waals surface area contributed by atoms with E-state index in [1.165, 1.54) is 10.0 Å². The van der Waals surface area contributed by atoms with Crippen molar-refractivity contribution < 1.29 is 19.1 Å². The average Bonchev–Trinajstić information content (AvgIpc) is 3.03. The lowest BCUT2D eigenvalue weighted by atomic mass is 10.2. The van der Waals surface area contributed by atoms with Gasteiger partial charge in [-0.25, -0.2) is 19.6 Å². The van der Waals surface area contributed by atoms with Gasteiger partial charge in [0, 0.05) is 13.1 Å². The number of carbonyl (C=O) groups is 2. The molecule has 0 aliphatic carbocycles. The van der Waals surface area contributed by atoms with Crippen LogP contribution < -0.4 is 0 Å². The van der Waals surface area contributed by atoms with Crippen LogP contribution in [0.3, 0.4) is 0 Å². The third-order valence-electron chi connectivity index (χ3n) is 3.21. The molecule has 6 nitrogen and oxygen atoms in total. The quantitative estimate of drug-likeness (QED) is 0.620. The molecule has 1 aliphatic rings. The van der Waals surface area contributed by atoms with Gasteiger partial charge in [-0.15, -0.1) is 6.58 Å². The largest absolute Gasteiger partial charge is 0.448 e. The van der Waals surface area contributed by atoms with Gasteiger partial charge in [-0.1, -0.05) is 36.4 Å². The molecule has 1 aromatic rings. The standard InChI is InChI=1S/C16H20N2O4/c1-2-3-12-21-15(19)17-10-7-11-18(17)16(20)22-13-14-8-5-4-6-9-14/h2,4-6,8-9H,1,3,7,10-13H2. The Balaban J connectivity index is 1.85. The maximum absolute atomic E-state index is 12.1. The number of hydrazine groups is 1. The smallest absolute Gasteiger partial charge is 0.429 e. The van der Waals surface area contributed by atoms with E-state index in [2.05, 4.69) is 6.58 Å². The van der Waals surface area contributed by atoms with Gasteiger partial charge in [-0.2, -0.15) is 0 Å². The van der Waals surface area contributed by atoms with Gasteiger partial charge in [-0.05, 0) is 18.4 Å². The lowest BCUT2D eigenvalue weighted by Crippen LogP contribution is -2.45. The van der Waals surface area contributed by atoms with E-state index in [0.717, 1.165) is 5.56 Å². The van der Waals surface area contributed by atoms with Gasteiger partial charge in [0.05, 0.1) is 6.61 Å². The van der Waals surface area contributed by atoms with Crippen molar-refractivity contribution in [1.82, 2.24) is 10.0 Å². The molecule has 0 N–H and O–H groups in total. The fraction of sp³-hybridized carbons (Fsp3) is 0.375. The Morgan fingerprint density at radius 3 is 2.36 bits per heavy atom. The maximum atomic E-state index is 12.1. The minimum atomic E-state index is -0.540. The highest BCUT2D eigenvalue weighted by Gasteiger charge is 2.32. The molecule has 1 fully saturated rings. The van der Waals surface area contributed by atoms with Crippen molar-refractivity contribution in [3.05, 3.63) is 48.6 Å². The van der Waals surface area contributed by atoms with Gasteiger partial charge in [-0.3, -0.25) is 0 Å². The molecule has 1 aromatic carbocycles. The molecule has 0 atom stereocenters. The Bertz CT molecular complexity index is 518. The van der Waals surface area contributed by atoms with Crippen molar-refractivity contribution in [2.24, 2.45) is 0 Å². The molecule has 1 aliphatic heterocycles. The Kier molecular flexibility index (Phi) is 5.82. The minimum Gasteiger partial charge on any atom is -0.448 e.